The number of benzene rings is 1. The van der Waals surface area contributed by atoms with Crippen LogP contribution in [0.2, 0.25) is 5.02 Å². The number of imidazole rings is 1. The lowest BCUT2D eigenvalue weighted by atomic mass is 10.2. The fourth-order valence-electron chi connectivity index (χ4n) is 2.53. The number of esters is 1. The van der Waals surface area contributed by atoms with E-state index in [4.69, 9.17) is 21.1 Å². The summed E-state index contributed by atoms with van der Waals surface area (Å²) in [6.07, 6.45) is 3.52. The molecule has 0 N–H and O–H groups in total. The number of halogens is 1. The normalized spacial score (nSPS) is 10.9. The maximum absolute atomic E-state index is 12.3. The van der Waals surface area contributed by atoms with Gasteiger partial charge in [-0.25, -0.2) is 14.8 Å². The van der Waals surface area contributed by atoms with Gasteiger partial charge in [-0.2, -0.15) is 0 Å². The molecular weight excluding hydrogens is 386 g/mol. The zero-order valence-electron chi connectivity index (χ0n) is 14.3. The van der Waals surface area contributed by atoms with E-state index in [9.17, 15) is 4.79 Å². The van der Waals surface area contributed by atoms with Gasteiger partial charge in [0, 0.05) is 23.3 Å². The summed E-state index contributed by atoms with van der Waals surface area (Å²) in [7, 11) is 1.62. The number of carbonyl (C=O) groups excluding carboxylic acids is 1. The molecule has 1 aromatic carbocycles. The predicted octanol–water partition coefficient (Wildman–Crippen LogP) is 4.48. The van der Waals surface area contributed by atoms with Gasteiger partial charge in [0.1, 0.15) is 23.0 Å². The van der Waals surface area contributed by atoms with Gasteiger partial charge in [-0.05, 0) is 36.4 Å². The Bertz CT molecular complexity index is 1110. The molecular formula is C19H14ClN3O3S. The minimum atomic E-state index is -0.485. The first kappa shape index (κ1) is 17.5. The van der Waals surface area contributed by atoms with Gasteiger partial charge in [0.15, 0.2) is 5.69 Å². The van der Waals surface area contributed by atoms with Gasteiger partial charge in [-0.3, -0.25) is 0 Å². The number of thiazole rings is 1. The van der Waals surface area contributed by atoms with E-state index in [1.54, 1.807) is 41.4 Å². The molecule has 0 bridgehead atoms. The van der Waals surface area contributed by atoms with E-state index < -0.39 is 5.97 Å². The number of carbonyl (C=O) groups is 1. The lowest BCUT2D eigenvalue weighted by Crippen LogP contribution is -2.05. The van der Waals surface area contributed by atoms with Crippen molar-refractivity contribution in [2.24, 2.45) is 0 Å². The molecule has 3 aromatic heterocycles. The summed E-state index contributed by atoms with van der Waals surface area (Å²) in [5.41, 5.74) is 2.56. The average Bonchev–Trinajstić information content (AvgIpc) is 3.33. The van der Waals surface area contributed by atoms with Crippen molar-refractivity contribution in [1.29, 1.82) is 0 Å². The standard InChI is InChI=1S/C19H14ClN3O3S/c1-25-15-5-2-12(3-6-15)18-22-16(11-27-18)19(24)26-10-14-9-23-8-13(20)4-7-17(23)21-14/h2-9,11H,10H2,1H3. The van der Waals surface area contributed by atoms with Crippen molar-refractivity contribution < 1.29 is 14.3 Å². The molecule has 0 atom stereocenters. The van der Waals surface area contributed by atoms with Crippen molar-refractivity contribution in [2.45, 2.75) is 6.61 Å². The molecule has 0 aliphatic carbocycles. The van der Waals surface area contributed by atoms with Crippen LogP contribution < -0.4 is 4.74 Å². The lowest BCUT2D eigenvalue weighted by Gasteiger charge is -2.01. The monoisotopic (exact) mass is 399 g/mol. The SMILES string of the molecule is COc1ccc(-c2nc(C(=O)OCc3cn4cc(Cl)ccc4n3)cs2)cc1. The van der Waals surface area contributed by atoms with Gasteiger partial charge in [0.25, 0.3) is 0 Å². The third-order valence-corrected chi connectivity index (χ3v) is 4.98. The number of fused-ring (bicyclic) bond motifs is 1. The molecule has 4 aromatic rings. The molecule has 6 nitrogen and oxygen atoms in total. The van der Waals surface area contributed by atoms with Gasteiger partial charge >= 0.3 is 5.97 Å². The molecule has 3 heterocycles. The number of nitrogens with zero attached hydrogens (tertiary/aromatic N) is 3. The number of methoxy groups -OCH3 is 1. The zero-order valence-corrected chi connectivity index (χ0v) is 15.8. The smallest absolute Gasteiger partial charge is 0.358 e. The molecule has 0 saturated heterocycles. The highest BCUT2D eigenvalue weighted by Crippen LogP contribution is 2.26. The van der Waals surface area contributed by atoms with E-state index in [2.05, 4.69) is 9.97 Å². The summed E-state index contributed by atoms with van der Waals surface area (Å²) in [4.78, 5) is 21.0. The molecule has 8 heteroatoms. The van der Waals surface area contributed by atoms with Crippen molar-refractivity contribution in [3.63, 3.8) is 0 Å². The maximum atomic E-state index is 12.3. The lowest BCUT2D eigenvalue weighted by molar-refractivity contribution is 0.0462. The highest BCUT2D eigenvalue weighted by atomic mass is 35.5. The fourth-order valence-corrected chi connectivity index (χ4v) is 3.50. The molecule has 0 aliphatic heterocycles. The van der Waals surface area contributed by atoms with Crippen molar-refractivity contribution >= 4 is 34.6 Å². The number of rotatable bonds is 5. The van der Waals surface area contributed by atoms with E-state index >= 15 is 0 Å². The molecule has 0 radical (unpaired) electrons. The third kappa shape index (κ3) is 3.79. The van der Waals surface area contributed by atoms with Crippen LogP contribution in [0.25, 0.3) is 16.2 Å². The molecule has 0 saturated carbocycles. The quantitative estimate of drug-likeness (QED) is 0.463. The maximum Gasteiger partial charge on any atom is 0.358 e. The van der Waals surface area contributed by atoms with Gasteiger partial charge < -0.3 is 13.9 Å². The second-order valence-electron chi connectivity index (χ2n) is 5.69. The highest BCUT2D eigenvalue weighted by molar-refractivity contribution is 7.13. The number of aromatic nitrogens is 3. The predicted molar refractivity (Wildman–Crippen MR) is 103 cm³/mol. The van der Waals surface area contributed by atoms with Gasteiger partial charge in [0.2, 0.25) is 0 Å². The summed E-state index contributed by atoms with van der Waals surface area (Å²) in [5, 5.41) is 3.04. The fraction of sp³-hybridized carbons (Fsp3) is 0.105. The van der Waals surface area contributed by atoms with Crippen molar-refractivity contribution in [3.05, 3.63) is 70.6 Å². The van der Waals surface area contributed by atoms with Crippen LogP contribution in [0.3, 0.4) is 0 Å². The first-order valence-electron chi connectivity index (χ1n) is 8.02. The van der Waals surface area contributed by atoms with Crippen LogP contribution in [-0.2, 0) is 11.3 Å². The third-order valence-electron chi connectivity index (χ3n) is 3.87. The van der Waals surface area contributed by atoms with Crippen LogP contribution in [0, 0.1) is 0 Å². The van der Waals surface area contributed by atoms with Crippen molar-refractivity contribution in [3.8, 4) is 16.3 Å². The van der Waals surface area contributed by atoms with Gasteiger partial charge in [-0.15, -0.1) is 11.3 Å². The molecule has 136 valence electrons. The first-order valence-corrected chi connectivity index (χ1v) is 9.28. The van der Waals surface area contributed by atoms with E-state index in [1.165, 1.54) is 11.3 Å². The first-order chi connectivity index (χ1) is 13.1. The summed E-state index contributed by atoms with van der Waals surface area (Å²) < 4.78 is 12.3. The van der Waals surface area contributed by atoms with E-state index in [-0.39, 0.29) is 12.3 Å². The summed E-state index contributed by atoms with van der Waals surface area (Å²) >= 11 is 7.34. The topological polar surface area (TPSA) is 65.7 Å². The Morgan fingerprint density at radius 3 is 2.74 bits per heavy atom. The molecule has 0 fully saturated rings. The number of hydrogen-bond donors (Lipinski definition) is 0. The van der Waals surface area contributed by atoms with Crippen LogP contribution in [0.4, 0.5) is 0 Å². The molecule has 0 spiro atoms. The van der Waals surface area contributed by atoms with Crippen molar-refractivity contribution in [2.75, 3.05) is 7.11 Å². The van der Waals surface area contributed by atoms with Crippen LogP contribution in [-0.4, -0.2) is 27.4 Å². The Hall–Kier alpha value is -2.90. The number of hydrogen-bond acceptors (Lipinski definition) is 6. The summed E-state index contributed by atoms with van der Waals surface area (Å²) in [6.45, 7) is 0.0630. The second kappa shape index (κ2) is 7.38. The summed E-state index contributed by atoms with van der Waals surface area (Å²) in [5.74, 6) is 0.282. The van der Waals surface area contributed by atoms with Crippen LogP contribution in [0.5, 0.6) is 5.75 Å². The van der Waals surface area contributed by atoms with Crippen LogP contribution in [0.1, 0.15) is 16.2 Å². The van der Waals surface area contributed by atoms with E-state index in [0.717, 1.165) is 22.0 Å². The Labute approximate surface area is 164 Å². The highest BCUT2D eigenvalue weighted by Gasteiger charge is 2.14. The number of pyridine rings is 1. The number of ether oxygens (including phenoxy) is 2. The van der Waals surface area contributed by atoms with Crippen molar-refractivity contribution in [1.82, 2.24) is 14.4 Å². The molecule has 4 rings (SSSR count). The largest absolute Gasteiger partial charge is 0.497 e. The van der Waals surface area contributed by atoms with Gasteiger partial charge in [-0.1, -0.05) is 11.6 Å². The minimum absolute atomic E-state index is 0.0630. The zero-order chi connectivity index (χ0) is 18.8. The second-order valence-corrected chi connectivity index (χ2v) is 6.98. The molecule has 0 amide bonds. The molecule has 0 aliphatic rings. The van der Waals surface area contributed by atoms with Crippen LogP contribution in [0.15, 0.2) is 54.2 Å². The van der Waals surface area contributed by atoms with Gasteiger partial charge in [0.05, 0.1) is 17.8 Å². The Morgan fingerprint density at radius 2 is 1.96 bits per heavy atom. The average molecular weight is 400 g/mol. The Morgan fingerprint density at radius 1 is 1.15 bits per heavy atom. The molecule has 0 unspecified atom stereocenters. The Balaban J connectivity index is 1.44. The molecule has 27 heavy (non-hydrogen) atoms. The Kier molecular flexibility index (Phi) is 4.79. The van der Waals surface area contributed by atoms with E-state index in [1.807, 2.05) is 24.3 Å². The summed E-state index contributed by atoms with van der Waals surface area (Å²) in [6, 6.07) is 11.1. The minimum Gasteiger partial charge on any atom is -0.497 e. The van der Waals surface area contributed by atoms with Crippen LogP contribution >= 0.6 is 22.9 Å². The van der Waals surface area contributed by atoms with E-state index in [0.29, 0.717) is 10.7 Å².